The first-order chi connectivity index (χ1) is 12.0. The van der Waals surface area contributed by atoms with Gasteiger partial charge in [0.25, 0.3) is 11.8 Å². The third-order valence-corrected chi connectivity index (χ3v) is 4.10. The predicted octanol–water partition coefficient (Wildman–Crippen LogP) is 2.84. The summed E-state index contributed by atoms with van der Waals surface area (Å²) in [4.78, 5) is 37.7. The predicted molar refractivity (Wildman–Crippen MR) is 91.2 cm³/mol. The number of hydrogen-bond acceptors (Lipinski definition) is 4. The first kappa shape index (κ1) is 16.7. The SMILES string of the molecule is N#Cc1cccc(NC(=O)CCN2C(=O)c3cccc(Cl)c3C2=O)c1. The van der Waals surface area contributed by atoms with E-state index in [2.05, 4.69) is 5.32 Å². The fourth-order valence-corrected chi connectivity index (χ4v) is 2.85. The Bertz CT molecular complexity index is 933. The summed E-state index contributed by atoms with van der Waals surface area (Å²) in [5.74, 6) is -1.32. The molecule has 3 rings (SSSR count). The number of nitrogens with one attached hydrogen (secondary N) is 1. The summed E-state index contributed by atoms with van der Waals surface area (Å²) in [5.41, 5.74) is 1.33. The van der Waals surface area contributed by atoms with Gasteiger partial charge >= 0.3 is 0 Å². The minimum atomic E-state index is -0.495. The zero-order valence-corrected chi connectivity index (χ0v) is 13.7. The van der Waals surface area contributed by atoms with Crippen LogP contribution in [-0.4, -0.2) is 29.2 Å². The molecule has 1 heterocycles. The molecule has 0 atom stereocenters. The normalized spacial score (nSPS) is 12.7. The molecule has 2 aromatic carbocycles. The van der Waals surface area contributed by atoms with Gasteiger partial charge in [-0.2, -0.15) is 5.26 Å². The second-order valence-corrected chi connectivity index (χ2v) is 5.82. The van der Waals surface area contributed by atoms with Gasteiger partial charge in [-0.25, -0.2) is 0 Å². The maximum absolute atomic E-state index is 12.3. The molecule has 0 saturated carbocycles. The first-order valence-corrected chi connectivity index (χ1v) is 7.84. The molecule has 6 nitrogen and oxygen atoms in total. The summed E-state index contributed by atoms with van der Waals surface area (Å²) in [7, 11) is 0. The average Bonchev–Trinajstić information content (AvgIpc) is 2.85. The number of rotatable bonds is 4. The molecule has 2 aromatic rings. The summed E-state index contributed by atoms with van der Waals surface area (Å²) in [6.07, 6.45) is -0.0557. The van der Waals surface area contributed by atoms with Crippen LogP contribution in [-0.2, 0) is 4.79 Å². The third-order valence-electron chi connectivity index (χ3n) is 3.79. The summed E-state index contributed by atoms with van der Waals surface area (Å²) in [6, 6.07) is 13.1. The van der Waals surface area contributed by atoms with Crippen LogP contribution in [0.3, 0.4) is 0 Å². The van der Waals surface area contributed by atoms with Crippen molar-refractivity contribution in [3.63, 3.8) is 0 Å². The van der Waals surface area contributed by atoms with Crippen molar-refractivity contribution < 1.29 is 14.4 Å². The number of anilines is 1. The molecule has 0 spiro atoms. The van der Waals surface area contributed by atoms with Crippen LogP contribution in [0, 0.1) is 11.3 Å². The minimum Gasteiger partial charge on any atom is -0.326 e. The lowest BCUT2D eigenvalue weighted by Crippen LogP contribution is -2.32. The highest BCUT2D eigenvalue weighted by Crippen LogP contribution is 2.29. The number of carbonyl (C=O) groups is 3. The molecule has 1 aliphatic rings. The molecule has 0 saturated heterocycles. The van der Waals surface area contributed by atoms with Crippen molar-refractivity contribution >= 4 is 35.0 Å². The molecule has 7 heteroatoms. The number of benzene rings is 2. The maximum atomic E-state index is 12.3. The number of nitrogens with zero attached hydrogens (tertiary/aromatic N) is 2. The molecular weight excluding hydrogens is 342 g/mol. The van der Waals surface area contributed by atoms with Gasteiger partial charge in [0.1, 0.15) is 0 Å². The molecule has 124 valence electrons. The minimum absolute atomic E-state index is 0.0492. The molecule has 1 aliphatic heterocycles. The summed E-state index contributed by atoms with van der Waals surface area (Å²) in [6.45, 7) is -0.0492. The van der Waals surface area contributed by atoms with Gasteiger partial charge in [-0.15, -0.1) is 0 Å². The second kappa shape index (κ2) is 6.75. The van der Waals surface area contributed by atoms with Crippen molar-refractivity contribution in [2.75, 3.05) is 11.9 Å². The number of fused-ring (bicyclic) bond motifs is 1. The molecule has 3 amide bonds. The Morgan fingerprint density at radius 3 is 2.64 bits per heavy atom. The van der Waals surface area contributed by atoms with E-state index in [1.165, 1.54) is 6.07 Å². The van der Waals surface area contributed by atoms with Gasteiger partial charge in [-0.05, 0) is 30.3 Å². The Kier molecular flexibility index (Phi) is 4.50. The standard InChI is InChI=1S/C18H12ClN3O3/c19-14-6-2-5-13-16(14)18(25)22(17(13)24)8-7-15(23)21-12-4-1-3-11(9-12)10-20/h1-6,9H,7-8H2,(H,21,23). The molecule has 0 aliphatic carbocycles. The van der Waals surface area contributed by atoms with Crippen molar-refractivity contribution in [1.29, 1.82) is 5.26 Å². The molecule has 0 bridgehead atoms. The fraction of sp³-hybridized carbons (Fsp3) is 0.111. The highest BCUT2D eigenvalue weighted by atomic mass is 35.5. The van der Waals surface area contributed by atoms with Crippen LogP contribution in [0.5, 0.6) is 0 Å². The molecule has 0 aromatic heterocycles. The molecule has 25 heavy (non-hydrogen) atoms. The highest BCUT2D eigenvalue weighted by Gasteiger charge is 2.36. The van der Waals surface area contributed by atoms with E-state index in [0.717, 1.165) is 4.90 Å². The van der Waals surface area contributed by atoms with Crippen LogP contribution in [0.15, 0.2) is 42.5 Å². The Morgan fingerprint density at radius 2 is 1.92 bits per heavy atom. The van der Waals surface area contributed by atoms with Gasteiger partial charge in [0.05, 0.1) is 27.8 Å². The van der Waals surface area contributed by atoms with Crippen LogP contribution in [0.1, 0.15) is 32.7 Å². The van der Waals surface area contributed by atoms with Gasteiger partial charge in [-0.1, -0.05) is 23.7 Å². The molecule has 1 N–H and O–H groups in total. The van der Waals surface area contributed by atoms with Crippen molar-refractivity contribution in [3.8, 4) is 6.07 Å². The van der Waals surface area contributed by atoms with Crippen LogP contribution in [0.2, 0.25) is 5.02 Å². The van der Waals surface area contributed by atoms with Gasteiger partial charge < -0.3 is 5.32 Å². The van der Waals surface area contributed by atoms with E-state index in [-0.39, 0.29) is 35.0 Å². The molecule has 0 radical (unpaired) electrons. The van der Waals surface area contributed by atoms with Crippen LogP contribution >= 0.6 is 11.6 Å². The van der Waals surface area contributed by atoms with E-state index in [1.807, 2.05) is 6.07 Å². The van der Waals surface area contributed by atoms with Gasteiger partial charge in [0.15, 0.2) is 0 Å². The number of nitriles is 1. The van der Waals surface area contributed by atoms with E-state index >= 15 is 0 Å². The monoisotopic (exact) mass is 353 g/mol. The van der Waals surface area contributed by atoms with E-state index in [9.17, 15) is 14.4 Å². The Morgan fingerprint density at radius 1 is 1.16 bits per heavy atom. The number of amides is 3. The van der Waals surface area contributed by atoms with Crippen molar-refractivity contribution in [3.05, 3.63) is 64.2 Å². The topological polar surface area (TPSA) is 90.3 Å². The van der Waals surface area contributed by atoms with Gasteiger partial charge in [0.2, 0.25) is 5.91 Å². The highest BCUT2D eigenvalue weighted by molar-refractivity contribution is 6.37. The zero-order valence-electron chi connectivity index (χ0n) is 13.0. The largest absolute Gasteiger partial charge is 0.326 e. The zero-order chi connectivity index (χ0) is 18.0. The lowest BCUT2D eigenvalue weighted by Gasteiger charge is -2.13. The average molecular weight is 354 g/mol. The third kappa shape index (κ3) is 3.23. The Balaban J connectivity index is 1.65. The summed E-state index contributed by atoms with van der Waals surface area (Å²) in [5, 5.41) is 11.7. The Hall–Kier alpha value is -3.17. The molecule has 0 unspecified atom stereocenters. The lowest BCUT2D eigenvalue weighted by atomic mass is 10.1. The van der Waals surface area contributed by atoms with Crippen LogP contribution < -0.4 is 5.32 Å². The lowest BCUT2D eigenvalue weighted by molar-refractivity contribution is -0.116. The first-order valence-electron chi connectivity index (χ1n) is 7.46. The van der Waals surface area contributed by atoms with Crippen molar-refractivity contribution in [2.24, 2.45) is 0 Å². The van der Waals surface area contributed by atoms with Gasteiger partial charge in [-0.3, -0.25) is 19.3 Å². The number of hydrogen-bond donors (Lipinski definition) is 1. The number of halogens is 1. The van der Waals surface area contributed by atoms with Gasteiger partial charge in [0, 0.05) is 18.7 Å². The summed E-state index contributed by atoms with van der Waals surface area (Å²) >= 11 is 5.99. The van der Waals surface area contributed by atoms with E-state index in [1.54, 1.807) is 36.4 Å². The maximum Gasteiger partial charge on any atom is 0.263 e. The van der Waals surface area contributed by atoms with E-state index in [4.69, 9.17) is 16.9 Å². The van der Waals surface area contributed by atoms with Crippen LogP contribution in [0.25, 0.3) is 0 Å². The number of imide groups is 1. The summed E-state index contributed by atoms with van der Waals surface area (Å²) < 4.78 is 0. The quantitative estimate of drug-likeness (QED) is 0.856. The molecule has 0 fully saturated rings. The van der Waals surface area contributed by atoms with E-state index in [0.29, 0.717) is 11.3 Å². The van der Waals surface area contributed by atoms with Crippen LogP contribution in [0.4, 0.5) is 5.69 Å². The fourth-order valence-electron chi connectivity index (χ4n) is 2.60. The van der Waals surface area contributed by atoms with E-state index < -0.39 is 11.8 Å². The second-order valence-electron chi connectivity index (χ2n) is 5.42. The Labute approximate surface area is 148 Å². The van der Waals surface area contributed by atoms with Crippen molar-refractivity contribution in [1.82, 2.24) is 4.90 Å². The molecular formula is C18H12ClN3O3. The smallest absolute Gasteiger partial charge is 0.263 e. The van der Waals surface area contributed by atoms with Crippen molar-refractivity contribution in [2.45, 2.75) is 6.42 Å². The number of carbonyl (C=O) groups excluding carboxylic acids is 3.